The Labute approximate surface area is 70.1 Å². The molecule has 0 spiro atoms. The molecule has 1 saturated heterocycles. The second kappa shape index (κ2) is 4.53. The fraction of sp³-hybridized carbons (Fsp3) is 0.900. The molecule has 1 rings (SSSR count). The highest BCUT2D eigenvalue weighted by Gasteiger charge is 2.14. The molecule has 64 valence electrons. The van der Waals surface area contributed by atoms with Gasteiger partial charge in [0.2, 0.25) is 0 Å². The molecule has 0 aliphatic carbocycles. The van der Waals surface area contributed by atoms with Crippen LogP contribution in [-0.2, 0) is 0 Å². The Morgan fingerprint density at radius 3 is 2.18 bits per heavy atom. The van der Waals surface area contributed by atoms with Gasteiger partial charge in [0.25, 0.3) is 0 Å². The third-order valence-electron chi connectivity index (χ3n) is 2.61. The molecule has 0 aromatic carbocycles. The summed E-state index contributed by atoms with van der Waals surface area (Å²) in [7, 11) is 0. The standard InChI is InChI=1S/C10H20N/c1-3-10(4-2)9-11-7-5-6-8-11/h9-10H,3-8H2,1-2H3/q+1. The van der Waals surface area contributed by atoms with Gasteiger partial charge in [-0.2, -0.15) is 0 Å². The summed E-state index contributed by atoms with van der Waals surface area (Å²) in [4.78, 5) is 0. The minimum Gasteiger partial charge on any atom is -0.239 e. The van der Waals surface area contributed by atoms with Gasteiger partial charge in [-0.25, -0.2) is 4.58 Å². The molecular formula is C10H20N+. The SMILES string of the molecule is CCC(C=[N+]1CCCC1)CC. The van der Waals surface area contributed by atoms with Crippen LogP contribution in [0, 0.1) is 5.92 Å². The molecule has 1 heterocycles. The van der Waals surface area contributed by atoms with Crippen molar-refractivity contribution in [1.29, 1.82) is 0 Å². The quantitative estimate of drug-likeness (QED) is 0.549. The number of nitrogens with zero attached hydrogens (tertiary/aromatic N) is 1. The molecule has 11 heavy (non-hydrogen) atoms. The van der Waals surface area contributed by atoms with E-state index in [-0.39, 0.29) is 0 Å². The van der Waals surface area contributed by atoms with Crippen molar-refractivity contribution in [1.82, 2.24) is 0 Å². The van der Waals surface area contributed by atoms with Crippen molar-refractivity contribution >= 4 is 6.21 Å². The predicted molar refractivity (Wildman–Crippen MR) is 49.4 cm³/mol. The van der Waals surface area contributed by atoms with Gasteiger partial charge in [-0.05, 0) is 12.8 Å². The molecule has 0 N–H and O–H groups in total. The number of rotatable bonds is 3. The summed E-state index contributed by atoms with van der Waals surface area (Å²) in [5.41, 5.74) is 0. The summed E-state index contributed by atoms with van der Waals surface area (Å²) in [6.07, 6.45) is 7.85. The molecule has 0 unspecified atom stereocenters. The Morgan fingerprint density at radius 1 is 1.18 bits per heavy atom. The van der Waals surface area contributed by atoms with Crippen LogP contribution in [0.1, 0.15) is 39.5 Å². The molecule has 1 fully saturated rings. The monoisotopic (exact) mass is 154 g/mol. The molecule has 0 atom stereocenters. The summed E-state index contributed by atoms with van der Waals surface area (Å²) in [6, 6.07) is 0. The van der Waals surface area contributed by atoms with E-state index in [9.17, 15) is 0 Å². The van der Waals surface area contributed by atoms with Crippen molar-refractivity contribution in [3.05, 3.63) is 0 Å². The van der Waals surface area contributed by atoms with Crippen molar-refractivity contribution in [3.8, 4) is 0 Å². The highest BCUT2D eigenvalue weighted by atomic mass is 15.0. The molecule has 0 aromatic heterocycles. The average Bonchev–Trinajstić information content (AvgIpc) is 2.52. The lowest BCUT2D eigenvalue weighted by Gasteiger charge is -2.02. The van der Waals surface area contributed by atoms with E-state index in [0.717, 1.165) is 5.92 Å². The van der Waals surface area contributed by atoms with Crippen molar-refractivity contribution in [2.75, 3.05) is 13.1 Å². The van der Waals surface area contributed by atoms with Crippen molar-refractivity contribution in [3.63, 3.8) is 0 Å². The first-order valence-corrected chi connectivity index (χ1v) is 4.95. The molecule has 1 nitrogen and oxygen atoms in total. The molecule has 1 aliphatic rings. The van der Waals surface area contributed by atoms with E-state index in [1.807, 2.05) is 0 Å². The summed E-state index contributed by atoms with van der Waals surface area (Å²) >= 11 is 0. The van der Waals surface area contributed by atoms with Gasteiger partial charge < -0.3 is 0 Å². The molecule has 0 bridgehead atoms. The van der Waals surface area contributed by atoms with Crippen LogP contribution in [0.3, 0.4) is 0 Å². The van der Waals surface area contributed by atoms with E-state index in [1.54, 1.807) is 0 Å². The van der Waals surface area contributed by atoms with Crippen LogP contribution in [-0.4, -0.2) is 23.9 Å². The largest absolute Gasteiger partial charge is 0.239 e. The third kappa shape index (κ3) is 2.64. The molecule has 1 aliphatic heterocycles. The molecule has 0 saturated carbocycles. The van der Waals surface area contributed by atoms with Crippen LogP contribution >= 0.6 is 0 Å². The van der Waals surface area contributed by atoms with Gasteiger partial charge in [0.15, 0.2) is 0 Å². The summed E-state index contributed by atoms with van der Waals surface area (Å²) in [5.74, 6) is 0.827. The smallest absolute Gasteiger partial charge is 0.142 e. The van der Waals surface area contributed by atoms with E-state index in [2.05, 4.69) is 24.6 Å². The highest BCUT2D eigenvalue weighted by molar-refractivity contribution is 5.54. The van der Waals surface area contributed by atoms with Crippen LogP contribution in [0.25, 0.3) is 0 Å². The molecule has 1 heteroatoms. The Balaban J connectivity index is 2.40. The summed E-state index contributed by atoms with van der Waals surface area (Å²) in [6.45, 7) is 7.16. The third-order valence-corrected chi connectivity index (χ3v) is 2.61. The van der Waals surface area contributed by atoms with Gasteiger partial charge in [0.1, 0.15) is 19.3 Å². The Kier molecular flexibility index (Phi) is 3.61. The fourth-order valence-electron chi connectivity index (χ4n) is 1.69. The maximum absolute atomic E-state index is 2.50. The summed E-state index contributed by atoms with van der Waals surface area (Å²) < 4.78 is 2.50. The second-order valence-electron chi connectivity index (χ2n) is 3.47. The Morgan fingerprint density at radius 2 is 1.73 bits per heavy atom. The Bertz CT molecular complexity index is 126. The maximum Gasteiger partial charge on any atom is 0.142 e. The van der Waals surface area contributed by atoms with Gasteiger partial charge >= 0.3 is 0 Å². The fourth-order valence-corrected chi connectivity index (χ4v) is 1.69. The lowest BCUT2D eigenvalue weighted by atomic mass is 10.1. The predicted octanol–water partition coefficient (Wildman–Crippen LogP) is 2.30. The maximum atomic E-state index is 2.50. The van der Waals surface area contributed by atoms with Gasteiger partial charge in [-0.1, -0.05) is 13.8 Å². The number of hydrogen-bond donors (Lipinski definition) is 0. The van der Waals surface area contributed by atoms with Crippen LogP contribution in [0.4, 0.5) is 0 Å². The first-order valence-electron chi connectivity index (χ1n) is 4.95. The Hall–Kier alpha value is -0.330. The van der Waals surface area contributed by atoms with Crippen LogP contribution in [0.15, 0.2) is 0 Å². The topological polar surface area (TPSA) is 3.01 Å². The van der Waals surface area contributed by atoms with Gasteiger partial charge in [0, 0.05) is 18.8 Å². The first kappa shape index (κ1) is 8.76. The summed E-state index contributed by atoms with van der Waals surface area (Å²) in [5, 5.41) is 0. The minimum absolute atomic E-state index is 0.827. The van der Waals surface area contributed by atoms with Crippen molar-refractivity contribution in [2.45, 2.75) is 39.5 Å². The van der Waals surface area contributed by atoms with Crippen molar-refractivity contribution in [2.24, 2.45) is 5.92 Å². The van der Waals surface area contributed by atoms with E-state index in [1.165, 1.54) is 38.8 Å². The highest BCUT2D eigenvalue weighted by Crippen LogP contribution is 2.07. The van der Waals surface area contributed by atoms with Crippen LogP contribution in [0.2, 0.25) is 0 Å². The second-order valence-corrected chi connectivity index (χ2v) is 3.47. The van der Waals surface area contributed by atoms with E-state index in [4.69, 9.17) is 0 Å². The molecule has 0 radical (unpaired) electrons. The first-order chi connectivity index (χ1) is 5.36. The molecule has 0 amide bonds. The van der Waals surface area contributed by atoms with E-state index >= 15 is 0 Å². The van der Waals surface area contributed by atoms with E-state index in [0.29, 0.717) is 0 Å². The average molecular weight is 154 g/mol. The van der Waals surface area contributed by atoms with Crippen molar-refractivity contribution < 1.29 is 4.58 Å². The molecular weight excluding hydrogens is 134 g/mol. The van der Waals surface area contributed by atoms with Crippen LogP contribution in [0.5, 0.6) is 0 Å². The zero-order chi connectivity index (χ0) is 8.10. The normalized spacial score (nSPS) is 17.9. The zero-order valence-electron chi connectivity index (χ0n) is 7.84. The van der Waals surface area contributed by atoms with Gasteiger partial charge in [0.05, 0.1) is 0 Å². The lowest BCUT2D eigenvalue weighted by Crippen LogP contribution is -2.13. The molecule has 0 aromatic rings. The van der Waals surface area contributed by atoms with Crippen LogP contribution < -0.4 is 0 Å². The number of hydrogen-bond acceptors (Lipinski definition) is 0. The zero-order valence-corrected chi connectivity index (χ0v) is 7.84. The van der Waals surface area contributed by atoms with Gasteiger partial charge in [-0.15, -0.1) is 0 Å². The van der Waals surface area contributed by atoms with Gasteiger partial charge in [-0.3, -0.25) is 0 Å². The minimum atomic E-state index is 0.827. The lowest BCUT2D eigenvalue weighted by molar-refractivity contribution is -0.503. The van der Waals surface area contributed by atoms with E-state index < -0.39 is 0 Å².